The molecule has 2 aromatic carbocycles. The third-order valence-corrected chi connectivity index (χ3v) is 6.34. The van der Waals surface area contributed by atoms with Crippen molar-refractivity contribution in [3.05, 3.63) is 72.4 Å². The van der Waals surface area contributed by atoms with Crippen molar-refractivity contribution in [3.8, 4) is 22.3 Å². The predicted octanol–water partition coefficient (Wildman–Crippen LogP) is 8.15. The van der Waals surface area contributed by atoms with Crippen molar-refractivity contribution >= 4 is 75.9 Å². The third kappa shape index (κ3) is 3.43. The molecule has 8 heteroatoms. The van der Waals surface area contributed by atoms with Crippen molar-refractivity contribution in [2.75, 3.05) is 0 Å². The number of pyridine rings is 1. The lowest BCUT2D eigenvalue weighted by atomic mass is 9.95. The van der Waals surface area contributed by atoms with Gasteiger partial charge >= 0.3 is 0 Å². The van der Waals surface area contributed by atoms with Crippen molar-refractivity contribution in [1.29, 1.82) is 0 Å². The van der Waals surface area contributed by atoms with E-state index in [0.29, 0.717) is 44.1 Å². The van der Waals surface area contributed by atoms with Gasteiger partial charge in [0, 0.05) is 40.2 Å². The van der Waals surface area contributed by atoms with Crippen molar-refractivity contribution in [2.45, 2.75) is 0 Å². The molecular weight excluding hydrogens is 459 g/mol. The summed E-state index contributed by atoms with van der Waals surface area (Å²) in [6.45, 7) is 0. The van der Waals surface area contributed by atoms with Crippen LogP contribution in [-0.4, -0.2) is 11.3 Å². The Morgan fingerprint density at radius 2 is 1.04 bits per heavy atom. The fraction of sp³-hybridized carbons (Fsp3) is 0. The molecule has 0 atom stereocenters. The number of rotatable bonds is 3. The second-order valence-electron chi connectivity index (χ2n) is 5.21. The van der Waals surface area contributed by atoms with Crippen LogP contribution in [0.25, 0.3) is 22.3 Å². The monoisotopic (exact) mass is 463 g/mol. The van der Waals surface area contributed by atoms with E-state index in [1.807, 2.05) is 0 Å². The highest BCUT2D eigenvalue weighted by Crippen LogP contribution is 2.43. The average Bonchev–Trinajstić information content (AvgIpc) is 2.64. The Bertz CT molecular complexity index is 959. The van der Waals surface area contributed by atoms with Crippen LogP contribution >= 0.6 is 69.6 Å². The van der Waals surface area contributed by atoms with Crippen molar-refractivity contribution in [2.24, 2.45) is 0 Å². The van der Waals surface area contributed by atoms with Crippen molar-refractivity contribution in [3.63, 3.8) is 0 Å². The first kappa shape index (κ1) is 19.8. The molecule has 2 nitrogen and oxygen atoms in total. The zero-order valence-corrected chi connectivity index (χ0v) is 17.2. The summed E-state index contributed by atoms with van der Waals surface area (Å²) in [5, 5.41) is 1.46. The van der Waals surface area contributed by atoms with Gasteiger partial charge in [0.15, 0.2) is 6.29 Å². The predicted molar refractivity (Wildman–Crippen MR) is 111 cm³/mol. The molecule has 3 rings (SSSR count). The molecule has 3 aromatic rings. The van der Waals surface area contributed by atoms with Crippen molar-refractivity contribution < 1.29 is 4.79 Å². The van der Waals surface area contributed by atoms with Gasteiger partial charge in [0.1, 0.15) is 0 Å². The summed E-state index contributed by atoms with van der Waals surface area (Å²) in [6.07, 6.45) is 3.73. The highest BCUT2D eigenvalue weighted by Gasteiger charge is 2.19. The highest BCUT2D eigenvalue weighted by atomic mass is 35.5. The maximum Gasteiger partial charge on any atom is 0.151 e. The van der Waals surface area contributed by atoms with Crippen LogP contribution in [0.2, 0.25) is 30.1 Å². The zero-order valence-electron chi connectivity index (χ0n) is 12.7. The minimum atomic E-state index is 0.195. The summed E-state index contributed by atoms with van der Waals surface area (Å²) >= 11 is 36.8. The molecular formula is C18H7Cl6NO. The molecule has 0 N–H and O–H groups in total. The Labute approximate surface area is 179 Å². The lowest BCUT2D eigenvalue weighted by Crippen LogP contribution is -1.96. The van der Waals surface area contributed by atoms with E-state index in [9.17, 15) is 4.79 Å². The largest absolute Gasteiger partial charge is 0.298 e. The molecule has 0 amide bonds. The Balaban J connectivity index is 2.30. The van der Waals surface area contributed by atoms with Gasteiger partial charge in [-0.25, -0.2) is 0 Å². The molecule has 0 spiro atoms. The van der Waals surface area contributed by atoms with E-state index in [0.717, 1.165) is 0 Å². The Morgan fingerprint density at radius 3 is 1.42 bits per heavy atom. The van der Waals surface area contributed by atoms with Gasteiger partial charge in [0.2, 0.25) is 0 Å². The molecule has 26 heavy (non-hydrogen) atoms. The van der Waals surface area contributed by atoms with Crippen LogP contribution in [0.4, 0.5) is 0 Å². The normalized spacial score (nSPS) is 10.8. The van der Waals surface area contributed by atoms with E-state index in [-0.39, 0.29) is 20.1 Å². The van der Waals surface area contributed by atoms with Crippen LogP contribution in [0.3, 0.4) is 0 Å². The molecule has 0 bridgehead atoms. The molecule has 1 aromatic heterocycles. The van der Waals surface area contributed by atoms with E-state index in [4.69, 9.17) is 69.6 Å². The van der Waals surface area contributed by atoms with Gasteiger partial charge in [-0.05, 0) is 12.1 Å². The fourth-order valence-corrected chi connectivity index (χ4v) is 3.77. The Kier molecular flexibility index (Phi) is 6.03. The van der Waals surface area contributed by atoms with Crippen LogP contribution in [-0.2, 0) is 0 Å². The molecule has 132 valence electrons. The third-order valence-electron chi connectivity index (χ3n) is 3.76. The number of carbonyl (C=O) groups excluding carboxylic acids is 1. The number of halogens is 6. The van der Waals surface area contributed by atoms with Gasteiger partial charge in [-0.2, -0.15) is 0 Å². The number of aromatic nitrogens is 1. The van der Waals surface area contributed by atoms with Crippen LogP contribution in [0, 0.1) is 0 Å². The van der Waals surface area contributed by atoms with E-state index in [2.05, 4.69) is 4.98 Å². The number of hydrogen-bond acceptors (Lipinski definition) is 2. The first-order chi connectivity index (χ1) is 12.4. The minimum Gasteiger partial charge on any atom is -0.298 e. The molecule has 0 saturated heterocycles. The van der Waals surface area contributed by atoms with E-state index < -0.39 is 0 Å². The second-order valence-corrected chi connectivity index (χ2v) is 7.54. The maximum absolute atomic E-state index is 11.9. The van der Waals surface area contributed by atoms with E-state index >= 15 is 0 Å². The van der Waals surface area contributed by atoms with Gasteiger partial charge < -0.3 is 0 Å². The summed E-state index contributed by atoms with van der Waals surface area (Å²) in [4.78, 5) is 16.1. The summed E-state index contributed by atoms with van der Waals surface area (Å²) in [5.74, 6) is 0. The van der Waals surface area contributed by atoms with Gasteiger partial charge in [-0.1, -0.05) is 81.7 Å². The maximum atomic E-state index is 11.9. The van der Waals surface area contributed by atoms with Crippen molar-refractivity contribution in [1.82, 2.24) is 4.98 Å². The van der Waals surface area contributed by atoms with E-state index in [1.54, 1.807) is 24.3 Å². The average molecular weight is 466 g/mol. The molecule has 1 heterocycles. The first-order valence-electron chi connectivity index (χ1n) is 7.07. The lowest BCUT2D eigenvalue weighted by molar-refractivity contribution is 0.112. The standard InChI is InChI=1S/C18H7Cl6NO/c19-13-3-1-8(15(21)17(13)23)10-5-25-6-11(12(10)7-26)9-2-4-14(20)18(24)16(9)22/h1-7H. The smallest absolute Gasteiger partial charge is 0.151 e. The fourth-order valence-electron chi connectivity index (χ4n) is 2.49. The molecule has 0 radical (unpaired) electrons. The summed E-state index contributed by atoms with van der Waals surface area (Å²) in [5.41, 5.74) is 2.36. The SMILES string of the molecule is O=Cc1c(-c2ccc(Cl)c(Cl)c2Cl)cncc1-c1ccc(Cl)c(Cl)c1Cl. The van der Waals surface area contributed by atoms with Crippen LogP contribution in [0.1, 0.15) is 10.4 Å². The molecule has 0 saturated carbocycles. The zero-order chi connectivity index (χ0) is 19.0. The molecule has 0 fully saturated rings. The van der Waals surface area contributed by atoms with Crippen LogP contribution in [0.5, 0.6) is 0 Å². The molecule has 0 aliphatic rings. The number of carbonyl (C=O) groups is 1. The lowest BCUT2D eigenvalue weighted by Gasteiger charge is -2.14. The van der Waals surface area contributed by atoms with Crippen LogP contribution < -0.4 is 0 Å². The van der Waals surface area contributed by atoms with Gasteiger partial charge in [-0.3, -0.25) is 9.78 Å². The van der Waals surface area contributed by atoms with Gasteiger partial charge in [0.05, 0.1) is 30.1 Å². The Morgan fingerprint density at radius 1 is 0.615 bits per heavy atom. The quantitative estimate of drug-likeness (QED) is 0.288. The number of nitrogens with zero attached hydrogens (tertiary/aromatic N) is 1. The molecule has 0 aliphatic carbocycles. The van der Waals surface area contributed by atoms with E-state index in [1.165, 1.54) is 12.4 Å². The minimum absolute atomic E-state index is 0.195. The second kappa shape index (κ2) is 7.93. The number of hydrogen-bond donors (Lipinski definition) is 0. The first-order valence-corrected chi connectivity index (χ1v) is 9.34. The molecule has 0 aliphatic heterocycles. The summed E-state index contributed by atoms with van der Waals surface area (Å²) < 4.78 is 0. The number of aldehydes is 1. The Hall–Kier alpha value is -1.000. The van der Waals surface area contributed by atoms with Gasteiger partial charge in [0.25, 0.3) is 0 Å². The highest BCUT2D eigenvalue weighted by molar-refractivity contribution is 6.50. The van der Waals surface area contributed by atoms with Crippen LogP contribution in [0.15, 0.2) is 36.7 Å². The van der Waals surface area contributed by atoms with Gasteiger partial charge in [-0.15, -0.1) is 0 Å². The topological polar surface area (TPSA) is 30.0 Å². The molecule has 0 unspecified atom stereocenters. The number of benzene rings is 2. The summed E-state index contributed by atoms with van der Waals surface area (Å²) in [7, 11) is 0. The summed E-state index contributed by atoms with van der Waals surface area (Å²) in [6, 6.07) is 6.53.